The summed E-state index contributed by atoms with van der Waals surface area (Å²) in [5.74, 6) is -0.516. The summed E-state index contributed by atoms with van der Waals surface area (Å²) in [4.78, 5) is 130. The fourth-order valence-electron chi connectivity index (χ4n) is 21.5. The number of rotatable bonds is 32. The molecule has 16 nitrogen and oxygen atoms in total. The van der Waals surface area contributed by atoms with Crippen LogP contribution < -0.4 is 28.7 Å². The van der Waals surface area contributed by atoms with Crippen LogP contribution in [0.3, 0.4) is 0 Å². The molecule has 19 rings (SSSR count). The fourth-order valence-corrected chi connectivity index (χ4v) is 21.5. The molecule has 5 aliphatic rings. The van der Waals surface area contributed by atoms with Crippen LogP contribution in [0.5, 0.6) is 23.0 Å². The Kier molecular flexibility index (Phi) is 22.7. The molecule has 4 heterocycles. The van der Waals surface area contributed by atoms with Crippen LogP contribution >= 0.6 is 0 Å². The third-order valence-electron chi connectivity index (χ3n) is 27.3. The summed E-state index contributed by atoms with van der Waals surface area (Å²) in [7, 11) is 0. The van der Waals surface area contributed by atoms with Gasteiger partial charge in [-0.3, -0.25) is 48.2 Å². The number of unbranched alkanes of at least 4 members (excludes halogenated alkanes) is 8. The average Bonchev–Trinajstić information content (AvgIpc) is 0.690. The molecule has 8 amide bonds. The monoisotopic (exact) mass is 1680 g/mol. The van der Waals surface area contributed by atoms with Crippen LogP contribution in [0.1, 0.15) is 311 Å². The Morgan fingerprint density at radius 1 is 0.238 bits per heavy atom. The van der Waals surface area contributed by atoms with Gasteiger partial charge >= 0.3 is 0 Å². The number of hydrogen-bond donors (Lipinski definition) is 0. The number of imide groups is 4. The van der Waals surface area contributed by atoms with Gasteiger partial charge in [0.1, 0.15) is 23.0 Å². The molecule has 126 heavy (non-hydrogen) atoms. The minimum Gasteiger partial charge on any atom is -0.493 e. The summed E-state index contributed by atoms with van der Waals surface area (Å²) in [6.45, 7) is 18.4. The van der Waals surface area contributed by atoms with E-state index in [1.165, 1.54) is 9.80 Å². The summed E-state index contributed by atoms with van der Waals surface area (Å²) < 4.78 is 28.1. The van der Waals surface area contributed by atoms with Gasteiger partial charge in [-0.15, -0.1) is 0 Å². The van der Waals surface area contributed by atoms with Crippen LogP contribution in [0.25, 0.3) is 86.2 Å². The van der Waals surface area contributed by atoms with E-state index in [4.69, 9.17) is 18.9 Å². The van der Waals surface area contributed by atoms with Crippen molar-refractivity contribution in [3.63, 3.8) is 0 Å². The molecule has 0 unspecified atom stereocenters. The molecule has 8 bridgehead atoms. The zero-order valence-corrected chi connectivity index (χ0v) is 73.7. The van der Waals surface area contributed by atoms with Gasteiger partial charge in [0.15, 0.2) is 0 Å². The van der Waals surface area contributed by atoms with Crippen molar-refractivity contribution in [2.24, 2.45) is 0 Å². The number of carbonyl (C=O) groups is 8. The zero-order valence-electron chi connectivity index (χ0n) is 73.7. The quantitative estimate of drug-likeness (QED) is 0.0168. The van der Waals surface area contributed by atoms with Crippen LogP contribution in [-0.4, -0.2) is 95.6 Å². The molecule has 0 spiro atoms. The van der Waals surface area contributed by atoms with Gasteiger partial charge in [-0.25, -0.2) is 9.80 Å². The van der Waals surface area contributed by atoms with Crippen molar-refractivity contribution >= 4 is 145 Å². The molecule has 14 aromatic rings. The van der Waals surface area contributed by atoms with Crippen LogP contribution in [0, 0.1) is 0 Å². The maximum absolute atomic E-state index is 16.1. The largest absolute Gasteiger partial charge is 0.493 e. The Morgan fingerprint density at radius 2 is 0.444 bits per heavy atom. The number of nitrogens with zero attached hydrogens (tertiary/aromatic N) is 4. The Labute approximate surface area is 735 Å². The first-order chi connectivity index (χ1) is 61.6. The minimum absolute atomic E-state index is 0.207. The lowest BCUT2D eigenvalue weighted by atomic mass is 9.82. The van der Waals surface area contributed by atoms with Gasteiger partial charge in [0, 0.05) is 126 Å². The number of amides is 8. The summed E-state index contributed by atoms with van der Waals surface area (Å²) in [5.41, 5.74) is 10.3. The van der Waals surface area contributed by atoms with E-state index in [1.54, 1.807) is 9.80 Å². The van der Waals surface area contributed by atoms with E-state index < -0.39 is 23.6 Å². The highest BCUT2D eigenvalue weighted by Gasteiger charge is 2.44. The van der Waals surface area contributed by atoms with Crippen molar-refractivity contribution in [2.75, 3.05) is 36.2 Å². The Hall–Kier alpha value is -12.6. The van der Waals surface area contributed by atoms with Crippen molar-refractivity contribution in [1.82, 2.24) is 9.80 Å². The van der Waals surface area contributed by atoms with E-state index in [-0.39, 0.29) is 61.4 Å². The smallest absolute Gasteiger partial charge is 0.265 e. The molecule has 16 heteroatoms. The van der Waals surface area contributed by atoms with Gasteiger partial charge < -0.3 is 18.9 Å². The van der Waals surface area contributed by atoms with Gasteiger partial charge in [0.2, 0.25) is 0 Å². The van der Waals surface area contributed by atoms with Crippen molar-refractivity contribution < 1.29 is 57.3 Å². The minimum atomic E-state index is -0.489. The molecular formula is C110H108N4O12. The number of benzene rings is 14. The number of anilines is 2. The number of para-hydroxylation sites is 2. The topological polar surface area (TPSA) is 186 Å². The van der Waals surface area contributed by atoms with Gasteiger partial charge in [-0.1, -0.05) is 217 Å². The lowest BCUT2D eigenvalue weighted by Gasteiger charge is -2.35. The summed E-state index contributed by atoms with van der Waals surface area (Å²) >= 11 is 0. The van der Waals surface area contributed by atoms with Gasteiger partial charge in [0.25, 0.3) is 47.3 Å². The molecule has 0 fully saturated rings. The maximum atomic E-state index is 16.1. The highest BCUT2D eigenvalue weighted by Crippen LogP contribution is 2.52. The second-order valence-electron chi connectivity index (χ2n) is 35.5. The molecule has 0 atom stereocenters. The van der Waals surface area contributed by atoms with Gasteiger partial charge in [-0.05, 0) is 211 Å². The maximum Gasteiger partial charge on any atom is 0.265 e. The van der Waals surface area contributed by atoms with Gasteiger partial charge in [-0.2, -0.15) is 0 Å². The van der Waals surface area contributed by atoms with E-state index in [0.29, 0.717) is 175 Å². The zero-order chi connectivity index (χ0) is 87.0. The molecule has 14 aromatic carbocycles. The van der Waals surface area contributed by atoms with Crippen LogP contribution in [0.15, 0.2) is 158 Å². The molecule has 1 aliphatic carbocycles. The summed E-state index contributed by atoms with van der Waals surface area (Å²) in [6, 6.07) is 50.1. The lowest BCUT2D eigenvalue weighted by Crippen LogP contribution is -2.47. The Bertz CT molecular complexity index is 6100. The highest BCUT2D eigenvalue weighted by atomic mass is 16.5. The fraction of sp³-hybridized carbons (Fsp3) is 0.345. The molecule has 0 saturated carbocycles. The van der Waals surface area contributed by atoms with E-state index in [0.717, 1.165) is 190 Å². The van der Waals surface area contributed by atoms with E-state index in [1.807, 2.05) is 158 Å². The molecular weight excluding hydrogens is 1570 g/mol. The normalized spacial score (nSPS) is 14.6. The molecule has 640 valence electrons. The third-order valence-corrected chi connectivity index (χ3v) is 27.3. The SMILES string of the molecule is CCCCCC(CCCCC)N1C(=O)c2ccc3c4ccc5c6c(ccc(c7ccc(c2c37)C1=O)c64)C(=O)N(c1cc2c(OCCC)c(c1)Cc1cccc(c1OCCC)Cc1cc(N3C(=O)c4ccc6c7ccc8c9c(ccc(c%10ccc(c4c6%10)C3=O)c97)C(=O)N(C(CCCCC)CCCCC)C8=O)cc(c1OCCC)Cc1cccc(c1OCCC)C2)C5=O. The van der Waals surface area contributed by atoms with Crippen molar-refractivity contribution in [3.05, 3.63) is 247 Å². The predicted molar refractivity (Wildman–Crippen MR) is 503 cm³/mol. The Balaban J connectivity index is 0.714. The van der Waals surface area contributed by atoms with Crippen molar-refractivity contribution in [2.45, 2.75) is 222 Å². The highest BCUT2D eigenvalue weighted by molar-refractivity contribution is 6.46. The van der Waals surface area contributed by atoms with E-state index in [2.05, 4.69) is 55.4 Å². The second-order valence-corrected chi connectivity index (χ2v) is 35.5. The first-order valence-electron chi connectivity index (χ1n) is 46.6. The molecule has 0 radical (unpaired) electrons. The van der Waals surface area contributed by atoms with E-state index in [9.17, 15) is 19.2 Å². The average molecular weight is 1680 g/mol. The second kappa shape index (κ2) is 34.4. The summed E-state index contributed by atoms with van der Waals surface area (Å²) in [6.07, 6.45) is 18.7. The van der Waals surface area contributed by atoms with Crippen molar-refractivity contribution in [3.8, 4) is 23.0 Å². The molecule has 4 aliphatic heterocycles. The summed E-state index contributed by atoms with van der Waals surface area (Å²) in [5, 5.41) is 12.1. The number of hydrogen-bond acceptors (Lipinski definition) is 12. The standard InChI is InChI=1S/C110H108N4O12/c1-9-17-21-31-71(32-22-18-10-2)111-103(115)83-43-35-75-79-39-47-87-97-88(48-40-80(93(79)97)76-36-44-84(104(111)116)95(83)91(75)76)108(120)113(107(87)119)73-59-67-55-63-27-25-29-65(99(63)123-51-13-5)57-69-61-74(62-70(102(69)126-54-16-8)58-66-30-26-28-64(100(66)124-52-14-6)56-68(60-73)101(67)125-53-15-7)114-109(121)89-49-41-81-77-37-45-85-96-86(106(118)112(105(85)117)72(33-23-19-11-3)34-24-20-12-4)46-38-78(92(77)96)82-42-50-90(110(114)122)98(89)94(81)82/h25-30,35-50,59-62,71-72H,9-24,31-34,51-58H2,1-8H3. The first-order valence-corrected chi connectivity index (χ1v) is 46.6. The van der Waals surface area contributed by atoms with Crippen LogP contribution in [0.4, 0.5) is 11.4 Å². The van der Waals surface area contributed by atoms with Gasteiger partial charge in [0.05, 0.1) is 37.8 Å². The number of carbonyl (C=O) groups excluding carboxylic acids is 8. The number of fused-ring (bicyclic) bond motifs is 12. The van der Waals surface area contributed by atoms with Crippen molar-refractivity contribution in [1.29, 1.82) is 0 Å². The predicted octanol–water partition coefficient (Wildman–Crippen LogP) is 25.5. The lowest BCUT2D eigenvalue weighted by molar-refractivity contribution is 0.0501. The van der Waals surface area contributed by atoms with Crippen LogP contribution in [-0.2, 0) is 25.7 Å². The van der Waals surface area contributed by atoms with E-state index >= 15 is 19.2 Å². The van der Waals surface area contributed by atoms with Crippen LogP contribution in [0.2, 0.25) is 0 Å². The Morgan fingerprint density at radius 3 is 0.651 bits per heavy atom. The number of ether oxygens (including phenoxy) is 4. The third kappa shape index (κ3) is 13.7. The first kappa shape index (κ1) is 83.0. The molecule has 0 N–H and O–H groups in total. The molecule has 0 saturated heterocycles. The molecule has 0 aromatic heterocycles.